The van der Waals surface area contributed by atoms with Crippen molar-refractivity contribution in [1.29, 1.82) is 0 Å². The molecule has 4 nitrogen and oxygen atoms in total. The molecule has 2 aromatic rings. The number of carbonyl (C=O) groups is 2. The number of thioether (sulfide) groups is 1. The average Bonchev–Trinajstić information content (AvgIpc) is 2.61. The van der Waals surface area contributed by atoms with Crippen LogP contribution in [0, 0.1) is 0 Å². The quantitative estimate of drug-likeness (QED) is 0.809. The Kier molecular flexibility index (Phi) is 5.46. The number of fused-ring (bicyclic) bond motifs is 1. The molecule has 0 bridgehead atoms. The fourth-order valence-corrected chi connectivity index (χ4v) is 3.87. The molecule has 2 unspecified atom stereocenters. The van der Waals surface area contributed by atoms with Crippen LogP contribution in [0.15, 0.2) is 53.4 Å². The lowest BCUT2D eigenvalue weighted by atomic mass is 10.0. The van der Waals surface area contributed by atoms with Gasteiger partial charge in [-0.2, -0.15) is 13.2 Å². The van der Waals surface area contributed by atoms with Gasteiger partial charge in [0.25, 0.3) is 0 Å². The van der Waals surface area contributed by atoms with Crippen LogP contribution >= 0.6 is 11.8 Å². The van der Waals surface area contributed by atoms with Crippen molar-refractivity contribution < 1.29 is 22.8 Å². The number of benzene rings is 2. The summed E-state index contributed by atoms with van der Waals surface area (Å²) in [4.78, 5) is 25.3. The Bertz CT molecular complexity index is 870. The highest BCUT2D eigenvalue weighted by molar-refractivity contribution is 8.01. The smallest absolute Gasteiger partial charge is 0.350 e. The molecule has 8 heteroatoms. The third kappa shape index (κ3) is 4.63. The van der Waals surface area contributed by atoms with Crippen LogP contribution in [-0.2, 0) is 15.8 Å². The summed E-state index contributed by atoms with van der Waals surface area (Å²) < 4.78 is 38.5. The van der Waals surface area contributed by atoms with Crippen LogP contribution in [0.5, 0.6) is 0 Å². The summed E-state index contributed by atoms with van der Waals surface area (Å²) in [6, 6.07) is 11.5. The molecule has 27 heavy (non-hydrogen) atoms. The second kappa shape index (κ2) is 7.64. The maximum Gasteiger partial charge on any atom is 0.416 e. The lowest BCUT2D eigenvalue weighted by molar-refractivity contribution is -0.137. The molecule has 0 saturated carbocycles. The summed E-state index contributed by atoms with van der Waals surface area (Å²) in [5.74, 6) is -0.660. The number of carbonyl (C=O) groups excluding carboxylic acids is 2. The second-order valence-corrected chi connectivity index (χ2v) is 7.45. The lowest BCUT2D eigenvalue weighted by Gasteiger charge is -2.24. The first-order valence-corrected chi connectivity index (χ1v) is 9.15. The van der Waals surface area contributed by atoms with Crippen LogP contribution in [0.25, 0.3) is 0 Å². The summed E-state index contributed by atoms with van der Waals surface area (Å²) in [6.45, 7) is 1.61. The summed E-state index contributed by atoms with van der Waals surface area (Å²) in [6.07, 6.45) is -4.50. The summed E-state index contributed by atoms with van der Waals surface area (Å²) in [5.41, 5.74) is 0.297. The Morgan fingerprint density at radius 1 is 1.22 bits per heavy atom. The van der Waals surface area contributed by atoms with Gasteiger partial charge in [-0.15, -0.1) is 11.8 Å². The average molecular weight is 394 g/mol. The molecule has 0 saturated heterocycles. The minimum atomic E-state index is -4.44. The van der Waals surface area contributed by atoms with Gasteiger partial charge in [-0.1, -0.05) is 24.3 Å². The molecule has 1 aliphatic rings. The van der Waals surface area contributed by atoms with Crippen LogP contribution in [0.4, 0.5) is 18.9 Å². The largest absolute Gasteiger partial charge is 0.416 e. The summed E-state index contributed by atoms with van der Waals surface area (Å²) in [5, 5.41) is 4.84. The van der Waals surface area contributed by atoms with E-state index in [9.17, 15) is 22.8 Å². The van der Waals surface area contributed by atoms with Gasteiger partial charge in [0, 0.05) is 11.3 Å². The zero-order valence-corrected chi connectivity index (χ0v) is 15.2. The Hall–Kier alpha value is -2.48. The number of nitrogens with one attached hydrogen (secondary N) is 2. The van der Waals surface area contributed by atoms with Gasteiger partial charge in [-0.25, -0.2) is 0 Å². The van der Waals surface area contributed by atoms with Gasteiger partial charge < -0.3 is 10.6 Å². The van der Waals surface area contributed by atoms with E-state index >= 15 is 0 Å². The summed E-state index contributed by atoms with van der Waals surface area (Å²) >= 11 is 1.30. The molecule has 2 N–H and O–H groups in total. The second-order valence-electron chi connectivity index (χ2n) is 6.21. The molecule has 2 amide bonds. The molecule has 0 radical (unpaired) electrons. The Labute approximate surface area is 158 Å². The van der Waals surface area contributed by atoms with E-state index in [0.717, 1.165) is 17.0 Å². The van der Waals surface area contributed by atoms with Crippen LogP contribution in [0.2, 0.25) is 0 Å². The van der Waals surface area contributed by atoms with E-state index < -0.39 is 28.9 Å². The van der Waals surface area contributed by atoms with E-state index in [-0.39, 0.29) is 12.3 Å². The van der Waals surface area contributed by atoms with E-state index in [2.05, 4.69) is 10.6 Å². The molecule has 2 atom stereocenters. The first-order valence-electron chi connectivity index (χ1n) is 8.27. The van der Waals surface area contributed by atoms with Gasteiger partial charge in [0.1, 0.15) is 0 Å². The van der Waals surface area contributed by atoms with Gasteiger partial charge >= 0.3 is 6.18 Å². The SMILES string of the molecule is CC(NC(=O)CC1Sc2ccccc2NC1=O)c1cccc(C(F)(F)F)c1. The molecule has 2 aromatic carbocycles. The first-order chi connectivity index (χ1) is 12.7. The number of halogens is 3. The number of amides is 2. The maximum absolute atomic E-state index is 12.8. The van der Waals surface area contributed by atoms with Gasteiger partial charge in [0.15, 0.2) is 0 Å². The lowest BCUT2D eigenvalue weighted by Crippen LogP contribution is -2.35. The highest BCUT2D eigenvalue weighted by atomic mass is 32.2. The molecular formula is C19H17F3N2O2S. The van der Waals surface area contributed by atoms with Crippen LogP contribution in [-0.4, -0.2) is 17.1 Å². The predicted octanol–water partition coefficient (Wildman–Crippen LogP) is 4.39. The van der Waals surface area contributed by atoms with Crippen molar-refractivity contribution in [2.75, 3.05) is 5.32 Å². The molecular weight excluding hydrogens is 377 g/mol. The molecule has 1 aliphatic heterocycles. The summed E-state index contributed by atoms with van der Waals surface area (Å²) in [7, 11) is 0. The number of anilines is 1. The Balaban J connectivity index is 1.63. The van der Waals surface area contributed by atoms with E-state index in [1.54, 1.807) is 13.0 Å². The number of para-hydroxylation sites is 1. The fraction of sp³-hybridized carbons (Fsp3) is 0.263. The zero-order valence-electron chi connectivity index (χ0n) is 14.3. The molecule has 0 fully saturated rings. The fourth-order valence-electron chi connectivity index (χ4n) is 2.76. The maximum atomic E-state index is 12.8. The van der Waals surface area contributed by atoms with Gasteiger partial charge in [0.05, 0.1) is 22.5 Å². The molecule has 0 aromatic heterocycles. The third-order valence-corrected chi connectivity index (χ3v) is 5.44. The van der Waals surface area contributed by atoms with Crippen molar-refractivity contribution in [3.63, 3.8) is 0 Å². The third-order valence-electron chi connectivity index (χ3n) is 4.17. The topological polar surface area (TPSA) is 58.2 Å². The number of hydrogen-bond acceptors (Lipinski definition) is 3. The van der Waals surface area contributed by atoms with Crippen LogP contribution in [0.1, 0.15) is 30.5 Å². The molecule has 1 heterocycles. The van der Waals surface area contributed by atoms with Crippen molar-refractivity contribution in [2.24, 2.45) is 0 Å². The zero-order chi connectivity index (χ0) is 19.6. The van der Waals surface area contributed by atoms with Gasteiger partial charge in [-0.3, -0.25) is 9.59 Å². The van der Waals surface area contributed by atoms with E-state index in [1.807, 2.05) is 18.2 Å². The normalized spacial score (nSPS) is 17.6. The van der Waals surface area contributed by atoms with E-state index in [0.29, 0.717) is 11.3 Å². The Morgan fingerprint density at radius 3 is 2.70 bits per heavy atom. The molecule has 0 aliphatic carbocycles. The highest BCUT2D eigenvalue weighted by Gasteiger charge is 2.31. The van der Waals surface area contributed by atoms with Gasteiger partial charge in [-0.05, 0) is 36.8 Å². The van der Waals surface area contributed by atoms with Crippen molar-refractivity contribution in [2.45, 2.75) is 35.7 Å². The Morgan fingerprint density at radius 2 is 1.96 bits per heavy atom. The number of rotatable bonds is 4. The standard InChI is InChI=1S/C19H17F3N2O2S/c1-11(12-5-4-6-13(9-12)19(20,21)22)23-17(25)10-16-18(26)24-14-7-2-3-8-15(14)27-16/h2-9,11,16H,10H2,1H3,(H,23,25)(H,24,26). The van der Waals surface area contributed by atoms with Crippen LogP contribution in [0.3, 0.4) is 0 Å². The highest BCUT2D eigenvalue weighted by Crippen LogP contribution is 2.36. The minimum Gasteiger partial charge on any atom is -0.350 e. The van der Waals surface area contributed by atoms with E-state index in [1.165, 1.54) is 23.9 Å². The monoisotopic (exact) mass is 394 g/mol. The minimum absolute atomic E-state index is 0.0614. The molecule has 142 valence electrons. The van der Waals surface area contributed by atoms with Crippen molar-refractivity contribution in [3.05, 3.63) is 59.7 Å². The predicted molar refractivity (Wildman–Crippen MR) is 97.3 cm³/mol. The van der Waals surface area contributed by atoms with E-state index in [4.69, 9.17) is 0 Å². The number of alkyl halides is 3. The van der Waals surface area contributed by atoms with Crippen LogP contribution < -0.4 is 10.6 Å². The van der Waals surface area contributed by atoms with Gasteiger partial charge in [0.2, 0.25) is 11.8 Å². The van der Waals surface area contributed by atoms with Crippen molar-refractivity contribution >= 4 is 29.3 Å². The molecule has 3 rings (SSSR count). The van der Waals surface area contributed by atoms with Crippen molar-refractivity contribution in [1.82, 2.24) is 5.32 Å². The molecule has 0 spiro atoms. The number of hydrogen-bond donors (Lipinski definition) is 2. The van der Waals surface area contributed by atoms with Crippen molar-refractivity contribution in [3.8, 4) is 0 Å². The first kappa shape index (κ1) is 19.3.